The van der Waals surface area contributed by atoms with Crippen molar-refractivity contribution in [3.63, 3.8) is 0 Å². The van der Waals surface area contributed by atoms with Crippen LogP contribution in [0.4, 0.5) is 0 Å². The molecule has 0 aliphatic carbocycles. The van der Waals surface area contributed by atoms with Crippen LogP contribution in [-0.4, -0.2) is 25.9 Å². The second kappa shape index (κ2) is 4.47. The number of esters is 1. The Morgan fingerprint density at radius 3 is 2.94 bits per heavy atom. The van der Waals surface area contributed by atoms with Crippen molar-refractivity contribution in [1.29, 1.82) is 0 Å². The first kappa shape index (κ1) is 11.5. The largest absolute Gasteiger partial charge is 0.467 e. The van der Waals surface area contributed by atoms with Gasteiger partial charge in [-0.2, -0.15) is 0 Å². The zero-order valence-corrected chi connectivity index (χ0v) is 10.3. The van der Waals surface area contributed by atoms with Crippen LogP contribution in [0.25, 0.3) is 0 Å². The number of likely N-dealkylation sites (N-methyl/N-ethyl adjacent to an activating group) is 1. The Bertz CT molecular complexity index is 408. The fraction of sp³-hybridized carbons (Fsp3) is 0.417. The molecule has 1 aliphatic heterocycles. The zero-order valence-electron chi connectivity index (χ0n) is 9.45. The van der Waals surface area contributed by atoms with Gasteiger partial charge >= 0.3 is 5.97 Å². The number of hydrogen-bond acceptors (Lipinski definition) is 4. The van der Waals surface area contributed by atoms with E-state index in [1.807, 2.05) is 31.3 Å². The summed E-state index contributed by atoms with van der Waals surface area (Å²) in [5.74, 6) is 0.718. The number of benzene rings is 1. The van der Waals surface area contributed by atoms with Crippen LogP contribution >= 0.6 is 11.8 Å². The van der Waals surface area contributed by atoms with E-state index in [9.17, 15) is 4.79 Å². The molecule has 1 atom stereocenters. The van der Waals surface area contributed by atoms with Crippen LogP contribution < -0.4 is 5.32 Å². The third kappa shape index (κ3) is 1.62. The van der Waals surface area contributed by atoms with Crippen LogP contribution in [0.2, 0.25) is 0 Å². The molecule has 0 amide bonds. The number of ether oxygens (including phenoxy) is 1. The van der Waals surface area contributed by atoms with Crippen LogP contribution in [0.3, 0.4) is 0 Å². The van der Waals surface area contributed by atoms with Crippen molar-refractivity contribution >= 4 is 17.7 Å². The number of thioether (sulfide) groups is 1. The standard InChI is InChI=1S/C12H15NO2S/c1-13-12(11(14)15-2)7-8-16-10-6-4-3-5-9(10)12/h3-6,13H,7-8H2,1-2H3. The molecule has 1 aromatic rings. The molecule has 3 nitrogen and oxygen atoms in total. The molecule has 0 aromatic heterocycles. The maximum absolute atomic E-state index is 12.0. The minimum atomic E-state index is -0.670. The summed E-state index contributed by atoms with van der Waals surface area (Å²) in [5, 5.41) is 3.14. The number of nitrogens with one attached hydrogen (secondary N) is 1. The molecule has 1 aliphatic rings. The van der Waals surface area contributed by atoms with Gasteiger partial charge in [-0.3, -0.25) is 0 Å². The summed E-state index contributed by atoms with van der Waals surface area (Å²) in [6.45, 7) is 0. The summed E-state index contributed by atoms with van der Waals surface area (Å²) in [4.78, 5) is 13.1. The lowest BCUT2D eigenvalue weighted by atomic mass is 9.87. The molecule has 0 saturated heterocycles. The summed E-state index contributed by atoms with van der Waals surface area (Å²) < 4.78 is 4.93. The van der Waals surface area contributed by atoms with Crippen LogP contribution in [0.5, 0.6) is 0 Å². The fourth-order valence-corrected chi connectivity index (χ4v) is 3.34. The lowest BCUT2D eigenvalue weighted by Crippen LogP contribution is -2.50. The Morgan fingerprint density at radius 2 is 2.25 bits per heavy atom. The Hall–Kier alpha value is -1.00. The summed E-state index contributed by atoms with van der Waals surface area (Å²) in [5.41, 5.74) is 0.358. The van der Waals surface area contributed by atoms with Gasteiger partial charge in [-0.15, -0.1) is 11.8 Å². The molecule has 1 unspecified atom stereocenters. The number of fused-ring (bicyclic) bond motifs is 1. The lowest BCUT2D eigenvalue weighted by Gasteiger charge is -2.35. The van der Waals surface area contributed by atoms with Crippen LogP contribution in [0, 0.1) is 0 Å². The molecule has 0 spiro atoms. The predicted octanol–water partition coefficient (Wildman–Crippen LogP) is 1.77. The van der Waals surface area contributed by atoms with Gasteiger partial charge in [-0.1, -0.05) is 18.2 Å². The van der Waals surface area contributed by atoms with E-state index < -0.39 is 5.54 Å². The van der Waals surface area contributed by atoms with E-state index in [-0.39, 0.29) is 5.97 Å². The molecule has 16 heavy (non-hydrogen) atoms. The highest BCUT2D eigenvalue weighted by Gasteiger charge is 2.43. The van der Waals surface area contributed by atoms with Crippen LogP contribution in [0.1, 0.15) is 12.0 Å². The molecular formula is C12H15NO2S. The van der Waals surface area contributed by atoms with Gasteiger partial charge in [0.2, 0.25) is 0 Å². The minimum absolute atomic E-state index is 0.206. The van der Waals surface area contributed by atoms with Gasteiger partial charge in [0.1, 0.15) is 5.54 Å². The SMILES string of the molecule is CNC1(C(=O)OC)CCSc2ccccc21. The first-order valence-corrected chi connectivity index (χ1v) is 6.23. The van der Waals surface area contributed by atoms with Gasteiger partial charge < -0.3 is 10.1 Å². The van der Waals surface area contributed by atoms with Crippen LogP contribution in [0.15, 0.2) is 29.2 Å². The van der Waals surface area contributed by atoms with Crippen LogP contribution in [-0.2, 0) is 15.1 Å². The van der Waals surface area contributed by atoms with Crippen molar-refractivity contribution in [2.75, 3.05) is 19.9 Å². The van der Waals surface area contributed by atoms with Crippen molar-refractivity contribution in [3.8, 4) is 0 Å². The average Bonchev–Trinajstić information content (AvgIpc) is 2.37. The number of carbonyl (C=O) groups is 1. The highest BCUT2D eigenvalue weighted by atomic mass is 32.2. The molecular weight excluding hydrogens is 222 g/mol. The summed E-state index contributed by atoms with van der Waals surface area (Å²) >= 11 is 1.79. The summed E-state index contributed by atoms with van der Waals surface area (Å²) in [6.07, 6.45) is 0.762. The van der Waals surface area contributed by atoms with Gasteiger partial charge in [0.15, 0.2) is 0 Å². The molecule has 0 fully saturated rings. The van der Waals surface area contributed by atoms with Gasteiger partial charge in [0, 0.05) is 10.6 Å². The molecule has 4 heteroatoms. The van der Waals surface area contributed by atoms with Crippen molar-refractivity contribution in [2.45, 2.75) is 16.9 Å². The maximum Gasteiger partial charge on any atom is 0.330 e. The Kier molecular flexibility index (Phi) is 3.21. The molecule has 0 saturated carbocycles. The highest BCUT2D eigenvalue weighted by Crippen LogP contribution is 2.40. The lowest BCUT2D eigenvalue weighted by molar-refractivity contribution is -0.149. The van der Waals surface area contributed by atoms with E-state index in [2.05, 4.69) is 5.32 Å². The number of carbonyl (C=O) groups excluding carboxylic acids is 1. The maximum atomic E-state index is 12.0. The zero-order chi connectivity index (χ0) is 11.6. The second-order valence-corrected chi connectivity index (χ2v) is 4.88. The van der Waals surface area contributed by atoms with E-state index in [0.717, 1.165) is 22.6 Å². The topological polar surface area (TPSA) is 38.3 Å². The third-order valence-electron chi connectivity index (χ3n) is 3.04. The molecule has 1 heterocycles. The quantitative estimate of drug-likeness (QED) is 0.796. The van der Waals surface area contributed by atoms with Gasteiger partial charge in [0.25, 0.3) is 0 Å². The summed E-state index contributed by atoms with van der Waals surface area (Å²) in [6, 6.07) is 8.00. The molecule has 0 radical (unpaired) electrons. The van der Waals surface area contributed by atoms with E-state index >= 15 is 0 Å². The third-order valence-corrected chi connectivity index (χ3v) is 4.12. The minimum Gasteiger partial charge on any atom is -0.467 e. The molecule has 1 aromatic carbocycles. The monoisotopic (exact) mass is 237 g/mol. The predicted molar refractivity (Wildman–Crippen MR) is 64.5 cm³/mol. The second-order valence-electron chi connectivity index (χ2n) is 3.74. The fourth-order valence-electron chi connectivity index (χ4n) is 2.14. The Balaban J connectivity index is 2.53. The summed E-state index contributed by atoms with van der Waals surface area (Å²) in [7, 11) is 3.25. The normalized spacial score (nSPS) is 23.6. The number of methoxy groups -OCH3 is 1. The number of rotatable bonds is 2. The Morgan fingerprint density at radius 1 is 1.50 bits per heavy atom. The average molecular weight is 237 g/mol. The molecule has 0 bridgehead atoms. The van der Waals surface area contributed by atoms with E-state index in [4.69, 9.17) is 4.74 Å². The van der Waals surface area contributed by atoms with Gasteiger partial charge in [0.05, 0.1) is 7.11 Å². The Labute approximate surface area is 99.6 Å². The van der Waals surface area contributed by atoms with Gasteiger partial charge in [-0.25, -0.2) is 4.79 Å². The van der Waals surface area contributed by atoms with Gasteiger partial charge in [-0.05, 0) is 25.1 Å². The van der Waals surface area contributed by atoms with E-state index in [0.29, 0.717) is 0 Å². The van der Waals surface area contributed by atoms with Crippen molar-refractivity contribution in [1.82, 2.24) is 5.32 Å². The molecule has 86 valence electrons. The number of hydrogen-bond donors (Lipinski definition) is 1. The molecule has 2 rings (SSSR count). The van der Waals surface area contributed by atoms with Crippen molar-refractivity contribution < 1.29 is 9.53 Å². The highest BCUT2D eigenvalue weighted by molar-refractivity contribution is 7.99. The van der Waals surface area contributed by atoms with Crippen molar-refractivity contribution in [3.05, 3.63) is 29.8 Å². The first-order chi connectivity index (χ1) is 7.74. The first-order valence-electron chi connectivity index (χ1n) is 5.24. The van der Waals surface area contributed by atoms with E-state index in [1.54, 1.807) is 11.8 Å². The smallest absolute Gasteiger partial charge is 0.330 e. The van der Waals surface area contributed by atoms with Crippen molar-refractivity contribution in [2.24, 2.45) is 0 Å². The van der Waals surface area contributed by atoms with E-state index in [1.165, 1.54) is 7.11 Å². The molecule has 1 N–H and O–H groups in total.